The van der Waals surface area contributed by atoms with Crippen LogP contribution in [0.3, 0.4) is 0 Å². The topological polar surface area (TPSA) is 79.3 Å². The van der Waals surface area contributed by atoms with E-state index in [-0.39, 0.29) is 22.0 Å². The highest BCUT2D eigenvalue weighted by atomic mass is 79.9. The molecule has 1 aromatic heterocycles. The molecule has 2 rings (SSSR count). The molecule has 8 heteroatoms. The number of rotatable bonds is 3. The number of benzene rings is 1. The van der Waals surface area contributed by atoms with E-state index >= 15 is 0 Å². The van der Waals surface area contributed by atoms with E-state index in [4.69, 9.17) is 16.7 Å². The first-order chi connectivity index (χ1) is 9.88. The molecule has 0 atom stereocenters. The van der Waals surface area contributed by atoms with Crippen LogP contribution in [0.5, 0.6) is 0 Å². The Balaban J connectivity index is 2.36. The van der Waals surface area contributed by atoms with Crippen molar-refractivity contribution >= 4 is 45.1 Å². The Morgan fingerprint density at radius 3 is 2.67 bits per heavy atom. The van der Waals surface area contributed by atoms with E-state index in [1.54, 1.807) is 6.07 Å². The zero-order chi connectivity index (χ0) is 15.6. The second kappa shape index (κ2) is 6.19. The molecule has 1 heterocycles. The average molecular weight is 374 g/mol. The lowest BCUT2D eigenvalue weighted by atomic mass is 10.1. The summed E-state index contributed by atoms with van der Waals surface area (Å²) >= 11 is 8.86. The van der Waals surface area contributed by atoms with E-state index in [2.05, 4.69) is 26.2 Å². The molecule has 5 nitrogen and oxygen atoms in total. The number of hydrogen-bond donors (Lipinski definition) is 2. The summed E-state index contributed by atoms with van der Waals surface area (Å²) in [5.41, 5.74) is -0.231. The van der Waals surface area contributed by atoms with Crippen molar-refractivity contribution in [2.24, 2.45) is 0 Å². The third-order valence-electron chi connectivity index (χ3n) is 2.51. The molecule has 0 aliphatic heterocycles. The molecule has 0 unspecified atom stereocenters. The van der Waals surface area contributed by atoms with Crippen molar-refractivity contribution in [1.82, 2.24) is 4.98 Å². The lowest BCUT2D eigenvalue weighted by Crippen LogP contribution is -2.16. The second-order valence-corrected chi connectivity index (χ2v) is 5.21. The number of carbonyl (C=O) groups is 2. The van der Waals surface area contributed by atoms with Crippen LogP contribution in [0.4, 0.5) is 10.1 Å². The van der Waals surface area contributed by atoms with Crippen molar-refractivity contribution in [1.29, 1.82) is 0 Å². The number of nitrogens with zero attached hydrogens (tertiary/aromatic N) is 1. The number of pyridine rings is 1. The lowest BCUT2D eigenvalue weighted by molar-refractivity contribution is 0.0698. The summed E-state index contributed by atoms with van der Waals surface area (Å²) in [4.78, 5) is 26.7. The molecule has 2 N–H and O–H groups in total. The summed E-state index contributed by atoms with van der Waals surface area (Å²) < 4.78 is 13.7. The van der Waals surface area contributed by atoms with Crippen LogP contribution in [0, 0.1) is 5.82 Å². The Labute approximate surface area is 131 Å². The van der Waals surface area contributed by atoms with Crippen LogP contribution in [0.2, 0.25) is 5.15 Å². The molecule has 0 radical (unpaired) electrons. The summed E-state index contributed by atoms with van der Waals surface area (Å²) in [5.74, 6) is -2.69. The lowest BCUT2D eigenvalue weighted by Gasteiger charge is -2.09. The van der Waals surface area contributed by atoms with Gasteiger partial charge < -0.3 is 10.4 Å². The van der Waals surface area contributed by atoms with Gasteiger partial charge in [0.25, 0.3) is 5.91 Å². The van der Waals surface area contributed by atoms with Crippen molar-refractivity contribution in [3.63, 3.8) is 0 Å². The van der Waals surface area contributed by atoms with Crippen LogP contribution >= 0.6 is 27.5 Å². The fourth-order valence-electron chi connectivity index (χ4n) is 1.57. The third-order valence-corrected chi connectivity index (χ3v) is 3.30. The van der Waals surface area contributed by atoms with E-state index in [9.17, 15) is 14.0 Å². The Morgan fingerprint density at radius 2 is 2.00 bits per heavy atom. The Morgan fingerprint density at radius 1 is 1.29 bits per heavy atom. The Hall–Kier alpha value is -1.99. The molecule has 1 amide bonds. The van der Waals surface area contributed by atoms with Crippen molar-refractivity contribution < 1.29 is 19.1 Å². The molecule has 21 heavy (non-hydrogen) atoms. The van der Waals surface area contributed by atoms with Gasteiger partial charge in [-0.2, -0.15) is 0 Å². The number of hydrogen-bond acceptors (Lipinski definition) is 3. The highest BCUT2D eigenvalue weighted by Gasteiger charge is 2.17. The number of carboxylic acids is 1. The van der Waals surface area contributed by atoms with Crippen molar-refractivity contribution in [2.75, 3.05) is 5.32 Å². The van der Waals surface area contributed by atoms with Gasteiger partial charge in [-0.3, -0.25) is 4.79 Å². The molecule has 1 aromatic carbocycles. The summed E-state index contributed by atoms with van der Waals surface area (Å²) in [6.45, 7) is 0. The average Bonchev–Trinajstić information content (AvgIpc) is 2.43. The minimum absolute atomic E-state index is 0.0658. The van der Waals surface area contributed by atoms with Gasteiger partial charge in [0, 0.05) is 4.47 Å². The monoisotopic (exact) mass is 372 g/mol. The van der Waals surface area contributed by atoms with Crippen LogP contribution in [-0.2, 0) is 0 Å². The fourth-order valence-corrected chi connectivity index (χ4v) is 2.12. The summed E-state index contributed by atoms with van der Waals surface area (Å²) in [6.07, 6.45) is 0.876. The molecule has 2 aromatic rings. The highest BCUT2D eigenvalue weighted by Crippen LogP contribution is 2.23. The van der Waals surface area contributed by atoms with Crippen LogP contribution in [0.1, 0.15) is 20.7 Å². The minimum atomic E-state index is -1.21. The van der Waals surface area contributed by atoms with Crippen molar-refractivity contribution in [3.05, 3.63) is 57.0 Å². The maximum absolute atomic E-state index is 13.1. The zero-order valence-electron chi connectivity index (χ0n) is 10.2. The quantitative estimate of drug-likeness (QED) is 0.806. The molecule has 0 fully saturated rings. The van der Waals surface area contributed by atoms with Gasteiger partial charge in [0.15, 0.2) is 0 Å². The number of aromatic nitrogens is 1. The van der Waals surface area contributed by atoms with Gasteiger partial charge >= 0.3 is 5.97 Å². The first kappa shape index (κ1) is 15.4. The standard InChI is InChI=1S/C13H7BrClFN2O3/c14-6-1-2-10(8(3-6)13(20)21)18-12(19)9-4-7(16)5-17-11(9)15/h1-5H,(H,18,19)(H,20,21). The van der Waals surface area contributed by atoms with E-state index in [1.807, 2.05) is 0 Å². The predicted molar refractivity (Wildman–Crippen MR) is 78.3 cm³/mol. The van der Waals surface area contributed by atoms with Crippen molar-refractivity contribution in [3.8, 4) is 0 Å². The summed E-state index contributed by atoms with van der Waals surface area (Å²) in [6, 6.07) is 5.23. The summed E-state index contributed by atoms with van der Waals surface area (Å²) in [7, 11) is 0. The van der Waals surface area contributed by atoms with Crippen LogP contribution in [0.15, 0.2) is 34.9 Å². The zero-order valence-corrected chi connectivity index (χ0v) is 12.6. The first-order valence-corrected chi connectivity index (χ1v) is 6.71. The number of nitrogens with one attached hydrogen (secondary N) is 1. The first-order valence-electron chi connectivity index (χ1n) is 5.53. The van der Waals surface area contributed by atoms with Gasteiger partial charge in [-0.05, 0) is 24.3 Å². The molecule has 0 saturated heterocycles. The molecule has 0 aliphatic rings. The Bertz CT molecular complexity index is 739. The fraction of sp³-hybridized carbons (Fsp3) is 0. The van der Waals surface area contributed by atoms with Gasteiger partial charge in [-0.1, -0.05) is 27.5 Å². The van der Waals surface area contributed by atoms with E-state index in [0.717, 1.165) is 12.3 Å². The Kier molecular flexibility index (Phi) is 4.54. The van der Waals surface area contributed by atoms with Gasteiger partial charge in [0.2, 0.25) is 0 Å². The van der Waals surface area contributed by atoms with Crippen LogP contribution < -0.4 is 5.32 Å². The maximum atomic E-state index is 13.1. The van der Waals surface area contributed by atoms with Gasteiger partial charge in [0.05, 0.1) is 23.0 Å². The smallest absolute Gasteiger partial charge is 0.337 e. The number of anilines is 1. The molecule has 0 spiro atoms. The van der Waals surface area contributed by atoms with Gasteiger partial charge in [-0.15, -0.1) is 0 Å². The summed E-state index contributed by atoms with van der Waals surface area (Å²) in [5, 5.41) is 11.3. The maximum Gasteiger partial charge on any atom is 0.337 e. The number of amides is 1. The molecule has 0 aliphatic carbocycles. The molecular weight excluding hydrogens is 367 g/mol. The minimum Gasteiger partial charge on any atom is -0.478 e. The highest BCUT2D eigenvalue weighted by molar-refractivity contribution is 9.10. The molecular formula is C13H7BrClFN2O3. The second-order valence-electron chi connectivity index (χ2n) is 3.94. The van der Waals surface area contributed by atoms with E-state index in [0.29, 0.717) is 4.47 Å². The number of aromatic carboxylic acids is 1. The number of carbonyl (C=O) groups excluding carboxylic acids is 1. The third kappa shape index (κ3) is 3.56. The molecule has 0 saturated carbocycles. The normalized spacial score (nSPS) is 10.2. The largest absolute Gasteiger partial charge is 0.478 e. The van der Waals surface area contributed by atoms with Crippen LogP contribution in [-0.4, -0.2) is 22.0 Å². The van der Waals surface area contributed by atoms with E-state index in [1.165, 1.54) is 12.1 Å². The number of halogens is 3. The molecule has 108 valence electrons. The number of carboxylic acid groups (broad SMARTS) is 1. The van der Waals surface area contributed by atoms with Crippen molar-refractivity contribution in [2.45, 2.75) is 0 Å². The van der Waals surface area contributed by atoms with E-state index < -0.39 is 17.7 Å². The molecule has 0 bridgehead atoms. The predicted octanol–water partition coefficient (Wildman–Crippen LogP) is 3.59. The SMILES string of the molecule is O=C(O)c1cc(Br)ccc1NC(=O)c1cc(F)cnc1Cl. The van der Waals surface area contributed by atoms with Gasteiger partial charge in [0.1, 0.15) is 11.0 Å². The van der Waals surface area contributed by atoms with Gasteiger partial charge in [-0.25, -0.2) is 14.2 Å². The van der Waals surface area contributed by atoms with Crippen LogP contribution in [0.25, 0.3) is 0 Å².